The van der Waals surface area contributed by atoms with E-state index < -0.39 is 6.04 Å². The number of nitrogens with zero attached hydrogens (tertiary/aromatic N) is 3. The molecule has 10 nitrogen and oxygen atoms in total. The maximum Gasteiger partial charge on any atom is 0.255 e. The lowest BCUT2D eigenvalue weighted by Crippen LogP contribution is -2.31. The van der Waals surface area contributed by atoms with E-state index in [1.807, 2.05) is 37.3 Å². The number of fused-ring (bicyclic) bond motifs is 2. The number of carbonyl (C=O) groups is 1. The van der Waals surface area contributed by atoms with Crippen LogP contribution in [0.15, 0.2) is 53.7 Å². The molecule has 3 aromatic rings. The van der Waals surface area contributed by atoms with E-state index >= 15 is 0 Å². The fourth-order valence-electron chi connectivity index (χ4n) is 4.16. The molecule has 0 saturated carbocycles. The van der Waals surface area contributed by atoms with Crippen LogP contribution in [0.25, 0.3) is 0 Å². The second-order valence-electron chi connectivity index (χ2n) is 7.85. The lowest BCUT2D eigenvalue weighted by atomic mass is 9.94. The normalized spacial score (nSPS) is 16.5. The molecule has 1 aromatic heterocycles. The molecule has 2 N–H and O–H groups in total. The minimum atomic E-state index is -0.556. The Labute approximate surface area is 196 Å². The van der Waals surface area contributed by atoms with Crippen molar-refractivity contribution in [3.63, 3.8) is 0 Å². The van der Waals surface area contributed by atoms with Gasteiger partial charge in [-0.25, -0.2) is 4.68 Å². The van der Waals surface area contributed by atoms with Crippen LogP contribution in [0.1, 0.15) is 24.4 Å². The Morgan fingerprint density at radius 2 is 1.97 bits per heavy atom. The average molecular weight is 463 g/mol. The molecule has 0 saturated heterocycles. The number of para-hydroxylation sites is 2. The maximum atomic E-state index is 13.7. The Bertz CT molecular complexity index is 1270. The van der Waals surface area contributed by atoms with Gasteiger partial charge in [-0.3, -0.25) is 4.79 Å². The van der Waals surface area contributed by atoms with E-state index in [4.69, 9.17) is 18.9 Å². The highest BCUT2D eigenvalue weighted by Gasteiger charge is 2.35. The third-order valence-corrected chi connectivity index (χ3v) is 5.65. The molecular formula is C24H25N5O5. The first-order valence-electron chi connectivity index (χ1n) is 10.8. The Morgan fingerprint density at radius 3 is 2.76 bits per heavy atom. The van der Waals surface area contributed by atoms with Gasteiger partial charge in [-0.2, -0.15) is 10.1 Å². The molecule has 2 aliphatic heterocycles. The van der Waals surface area contributed by atoms with Gasteiger partial charge in [-0.05, 0) is 36.8 Å². The second-order valence-corrected chi connectivity index (χ2v) is 7.85. The van der Waals surface area contributed by atoms with Crippen molar-refractivity contribution in [1.82, 2.24) is 14.8 Å². The van der Waals surface area contributed by atoms with Gasteiger partial charge in [0.25, 0.3) is 5.91 Å². The van der Waals surface area contributed by atoms with E-state index in [-0.39, 0.29) is 12.5 Å². The predicted octanol–water partition coefficient (Wildman–Crippen LogP) is 3.13. The van der Waals surface area contributed by atoms with Crippen molar-refractivity contribution in [2.24, 2.45) is 0 Å². The molecule has 2 aliphatic rings. The smallest absolute Gasteiger partial charge is 0.255 e. The third kappa shape index (κ3) is 3.92. The number of methoxy groups -OCH3 is 2. The second kappa shape index (κ2) is 9.06. The van der Waals surface area contributed by atoms with E-state index in [2.05, 4.69) is 20.7 Å². The minimum absolute atomic E-state index is 0.247. The minimum Gasteiger partial charge on any atom is -0.495 e. The number of ether oxygens (including phenoxy) is 4. The van der Waals surface area contributed by atoms with E-state index in [0.29, 0.717) is 59.2 Å². The van der Waals surface area contributed by atoms with Crippen molar-refractivity contribution < 1.29 is 23.7 Å². The van der Waals surface area contributed by atoms with Crippen LogP contribution in [-0.2, 0) is 16.1 Å². The number of allylic oxidation sites excluding steroid dienone is 1. The highest BCUT2D eigenvalue weighted by atomic mass is 16.6. The van der Waals surface area contributed by atoms with Gasteiger partial charge in [0.2, 0.25) is 5.95 Å². The molecule has 1 atom stereocenters. The molecule has 0 spiro atoms. The summed E-state index contributed by atoms with van der Waals surface area (Å²) in [5.74, 6) is 2.61. The molecule has 1 amide bonds. The van der Waals surface area contributed by atoms with Crippen LogP contribution in [0.2, 0.25) is 0 Å². The zero-order valence-electron chi connectivity index (χ0n) is 19.1. The molecule has 0 bridgehead atoms. The van der Waals surface area contributed by atoms with Gasteiger partial charge < -0.3 is 29.6 Å². The SMILES string of the molecule is COCc1nc2n(n1)C(c1ccc3c(c1)OCCO3)C(C(=O)Nc1ccccc1OC)=C(C)N2. The van der Waals surface area contributed by atoms with Gasteiger partial charge >= 0.3 is 0 Å². The summed E-state index contributed by atoms with van der Waals surface area (Å²) < 4.78 is 23.8. The van der Waals surface area contributed by atoms with Crippen LogP contribution in [0.5, 0.6) is 17.2 Å². The van der Waals surface area contributed by atoms with Crippen molar-refractivity contribution in [3.05, 3.63) is 65.1 Å². The fourth-order valence-corrected chi connectivity index (χ4v) is 4.16. The van der Waals surface area contributed by atoms with Gasteiger partial charge in [-0.15, -0.1) is 0 Å². The summed E-state index contributed by atoms with van der Waals surface area (Å²) in [4.78, 5) is 18.2. The van der Waals surface area contributed by atoms with Crippen LogP contribution in [0.3, 0.4) is 0 Å². The summed E-state index contributed by atoms with van der Waals surface area (Å²) in [6, 6.07) is 12.4. The summed E-state index contributed by atoms with van der Waals surface area (Å²) in [6.45, 7) is 3.05. The molecule has 0 fully saturated rings. The number of carbonyl (C=O) groups excluding carboxylic acids is 1. The molecule has 10 heteroatoms. The van der Waals surface area contributed by atoms with Gasteiger partial charge in [-0.1, -0.05) is 18.2 Å². The van der Waals surface area contributed by atoms with Crippen molar-refractivity contribution in [2.75, 3.05) is 38.1 Å². The first-order chi connectivity index (χ1) is 16.6. The van der Waals surface area contributed by atoms with Crippen LogP contribution < -0.4 is 24.8 Å². The molecule has 176 valence electrons. The van der Waals surface area contributed by atoms with Crippen LogP contribution in [0, 0.1) is 0 Å². The summed E-state index contributed by atoms with van der Waals surface area (Å²) in [6.07, 6.45) is 0. The number of rotatable bonds is 6. The number of nitrogens with one attached hydrogen (secondary N) is 2. The average Bonchev–Trinajstić information content (AvgIpc) is 3.25. The monoisotopic (exact) mass is 463 g/mol. The fraction of sp³-hybridized carbons (Fsp3) is 0.292. The predicted molar refractivity (Wildman–Crippen MR) is 124 cm³/mol. The number of hydrogen-bond acceptors (Lipinski definition) is 8. The van der Waals surface area contributed by atoms with E-state index in [9.17, 15) is 4.79 Å². The van der Waals surface area contributed by atoms with Crippen molar-refractivity contribution in [2.45, 2.75) is 19.6 Å². The van der Waals surface area contributed by atoms with Crippen molar-refractivity contribution in [3.8, 4) is 17.2 Å². The Hall–Kier alpha value is -4.05. The largest absolute Gasteiger partial charge is 0.495 e. The summed E-state index contributed by atoms with van der Waals surface area (Å²) in [5.41, 5.74) is 2.53. The van der Waals surface area contributed by atoms with Gasteiger partial charge in [0.05, 0.1) is 18.4 Å². The van der Waals surface area contributed by atoms with E-state index in [1.54, 1.807) is 31.0 Å². The summed E-state index contributed by atoms with van der Waals surface area (Å²) in [5, 5.41) is 10.8. The first-order valence-corrected chi connectivity index (χ1v) is 10.8. The highest BCUT2D eigenvalue weighted by molar-refractivity contribution is 6.06. The topological polar surface area (TPSA) is 109 Å². The molecule has 1 unspecified atom stereocenters. The number of amides is 1. The van der Waals surface area contributed by atoms with Gasteiger partial charge in [0.1, 0.15) is 31.6 Å². The van der Waals surface area contributed by atoms with Crippen LogP contribution in [0.4, 0.5) is 11.6 Å². The lowest BCUT2D eigenvalue weighted by molar-refractivity contribution is -0.113. The number of aromatic nitrogens is 3. The van der Waals surface area contributed by atoms with E-state index in [1.165, 1.54) is 0 Å². The standard InChI is InChI=1S/C24H25N5O5/c1-14-21(23(30)26-16-6-4-5-7-17(16)32-3)22(29-24(25-14)27-20(28-29)13-31-2)15-8-9-18-19(12-15)34-11-10-33-18/h4-9,12,22H,10-11,13H2,1-3H3,(H,26,30)(H,25,27,28). The summed E-state index contributed by atoms with van der Waals surface area (Å²) in [7, 11) is 3.15. The molecule has 0 radical (unpaired) electrons. The molecule has 2 aromatic carbocycles. The zero-order chi connectivity index (χ0) is 23.7. The number of hydrogen-bond donors (Lipinski definition) is 2. The Balaban J connectivity index is 1.59. The van der Waals surface area contributed by atoms with Gasteiger partial charge in [0.15, 0.2) is 17.3 Å². The highest BCUT2D eigenvalue weighted by Crippen LogP contribution is 2.40. The molecule has 34 heavy (non-hydrogen) atoms. The summed E-state index contributed by atoms with van der Waals surface area (Å²) >= 11 is 0. The third-order valence-electron chi connectivity index (χ3n) is 5.65. The van der Waals surface area contributed by atoms with E-state index in [0.717, 1.165) is 5.56 Å². The Morgan fingerprint density at radius 1 is 1.18 bits per heavy atom. The Kier molecular flexibility index (Phi) is 5.81. The van der Waals surface area contributed by atoms with Crippen LogP contribution in [-0.4, -0.2) is 48.1 Å². The number of benzene rings is 2. The van der Waals surface area contributed by atoms with Crippen molar-refractivity contribution in [1.29, 1.82) is 0 Å². The molecule has 3 heterocycles. The first kappa shape index (κ1) is 21.8. The molecule has 0 aliphatic carbocycles. The molecular weight excluding hydrogens is 438 g/mol. The molecule has 5 rings (SSSR count). The lowest BCUT2D eigenvalue weighted by Gasteiger charge is -2.29. The quantitative estimate of drug-likeness (QED) is 0.574. The number of anilines is 2. The maximum absolute atomic E-state index is 13.7. The van der Waals surface area contributed by atoms with Gasteiger partial charge in [0, 0.05) is 12.8 Å². The van der Waals surface area contributed by atoms with Crippen LogP contribution >= 0.6 is 0 Å². The zero-order valence-corrected chi connectivity index (χ0v) is 19.1. The van der Waals surface area contributed by atoms with Crippen molar-refractivity contribution >= 4 is 17.5 Å².